The normalized spacial score (nSPS) is 24.4. The number of rotatable bonds is 3. The van der Waals surface area contributed by atoms with E-state index in [0.29, 0.717) is 6.42 Å². The van der Waals surface area contributed by atoms with Gasteiger partial charge in [0.1, 0.15) is 16.5 Å². The van der Waals surface area contributed by atoms with Gasteiger partial charge in [-0.05, 0) is 43.5 Å². The molecule has 6 heteroatoms. The van der Waals surface area contributed by atoms with Crippen molar-refractivity contribution in [2.24, 2.45) is 11.7 Å². The van der Waals surface area contributed by atoms with Crippen molar-refractivity contribution in [3.63, 3.8) is 0 Å². The van der Waals surface area contributed by atoms with Gasteiger partial charge in [-0.2, -0.15) is 0 Å². The molecule has 0 bridgehead atoms. The Kier molecular flexibility index (Phi) is 4.75. The first-order valence-electron chi connectivity index (χ1n) is 6.86. The Morgan fingerprint density at radius 3 is 2.55 bits per heavy atom. The molecule has 0 aliphatic heterocycles. The van der Waals surface area contributed by atoms with Gasteiger partial charge in [0.15, 0.2) is 9.84 Å². The number of sulfone groups is 1. The lowest BCUT2D eigenvalue weighted by atomic mass is 10.0. The number of hydrogen-bond donors (Lipinski definition) is 1. The monoisotopic (exact) mass is 303 g/mol. The van der Waals surface area contributed by atoms with Crippen molar-refractivity contribution in [1.29, 1.82) is 0 Å². The number of halogens is 2. The maximum absolute atomic E-state index is 13.8. The van der Waals surface area contributed by atoms with E-state index in [-0.39, 0.29) is 12.5 Å². The molecule has 0 saturated heterocycles. The molecule has 2 unspecified atom stereocenters. The molecule has 1 aromatic rings. The fourth-order valence-electron chi connectivity index (χ4n) is 2.89. The van der Waals surface area contributed by atoms with Crippen LogP contribution < -0.4 is 5.73 Å². The van der Waals surface area contributed by atoms with Crippen LogP contribution in [0.4, 0.5) is 8.78 Å². The van der Waals surface area contributed by atoms with Crippen molar-refractivity contribution < 1.29 is 17.2 Å². The summed E-state index contributed by atoms with van der Waals surface area (Å²) < 4.78 is 52.3. The van der Waals surface area contributed by atoms with Gasteiger partial charge in [0.2, 0.25) is 0 Å². The van der Waals surface area contributed by atoms with Gasteiger partial charge in [0.05, 0.1) is 5.25 Å². The lowest BCUT2D eigenvalue weighted by molar-refractivity contribution is 0.453. The molecule has 2 rings (SSSR count). The Morgan fingerprint density at radius 1 is 1.15 bits per heavy atom. The van der Waals surface area contributed by atoms with Crippen LogP contribution in [0.3, 0.4) is 0 Å². The minimum atomic E-state index is -3.89. The van der Waals surface area contributed by atoms with Crippen LogP contribution >= 0.6 is 0 Å². The fraction of sp³-hybridized carbons (Fsp3) is 0.571. The van der Waals surface area contributed by atoms with Crippen LogP contribution in [0, 0.1) is 17.6 Å². The lowest BCUT2D eigenvalue weighted by Crippen LogP contribution is -2.34. The summed E-state index contributed by atoms with van der Waals surface area (Å²) in [6.07, 6.45) is 3.84. The maximum atomic E-state index is 13.8. The summed E-state index contributed by atoms with van der Waals surface area (Å²) in [4.78, 5) is -0.539. The topological polar surface area (TPSA) is 60.2 Å². The van der Waals surface area contributed by atoms with Crippen LogP contribution in [-0.4, -0.2) is 20.2 Å². The second-order valence-electron chi connectivity index (χ2n) is 5.29. The Morgan fingerprint density at radius 2 is 1.85 bits per heavy atom. The van der Waals surface area contributed by atoms with Crippen molar-refractivity contribution in [3.8, 4) is 0 Å². The Hall–Kier alpha value is -1.01. The summed E-state index contributed by atoms with van der Waals surface area (Å²) in [5.41, 5.74) is 5.67. The van der Waals surface area contributed by atoms with E-state index in [0.717, 1.165) is 43.9 Å². The predicted octanol–water partition coefficient (Wildman–Crippen LogP) is 2.65. The summed E-state index contributed by atoms with van der Waals surface area (Å²) in [6.45, 7) is 0.251. The zero-order valence-corrected chi connectivity index (χ0v) is 12.0. The first-order valence-corrected chi connectivity index (χ1v) is 8.40. The van der Waals surface area contributed by atoms with Crippen molar-refractivity contribution in [2.75, 3.05) is 6.54 Å². The molecule has 2 atom stereocenters. The SMILES string of the molecule is NCC1CCCCCC1S(=O)(=O)c1cc(F)ccc1F. The van der Waals surface area contributed by atoms with Gasteiger partial charge in [0, 0.05) is 0 Å². The molecule has 0 aromatic heterocycles. The van der Waals surface area contributed by atoms with Gasteiger partial charge in [0.25, 0.3) is 0 Å². The molecule has 3 nitrogen and oxygen atoms in total. The van der Waals surface area contributed by atoms with Gasteiger partial charge in [-0.25, -0.2) is 17.2 Å². The molecule has 0 heterocycles. The molecular weight excluding hydrogens is 284 g/mol. The van der Waals surface area contributed by atoms with Crippen molar-refractivity contribution >= 4 is 9.84 Å². The molecule has 1 saturated carbocycles. The van der Waals surface area contributed by atoms with E-state index in [9.17, 15) is 17.2 Å². The summed E-state index contributed by atoms with van der Waals surface area (Å²) in [5, 5.41) is -0.716. The average Bonchev–Trinajstić information content (AvgIpc) is 2.66. The molecular formula is C14H19F2NO2S. The van der Waals surface area contributed by atoms with E-state index >= 15 is 0 Å². The smallest absolute Gasteiger partial charge is 0.184 e. The fourth-order valence-corrected chi connectivity index (χ4v) is 5.06. The molecule has 0 radical (unpaired) electrons. The van der Waals surface area contributed by atoms with Gasteiger partial charge in [-0.1, -0.05) is 19.3 Å². The van der Waals surface area contributed by atoms with Gasteiger partial charge in [-0.15, -0.1) is 0 Å². The second-order valence-corrected chi connectivity index (χ2v) is 7.43. The lowest BCUT2D eigenvalue weighted by Gasteiger charge is -2.24. The van der Waals surface area contributed by atoms with Crippen LogP contribution in [0.25, 0.3) is 0 Å². The third-order valence-electron chi connectivity index (χ3n) is 3.99. The van der Waals surface area contributed by atoms with Gasteiger partial charge in [-0.3, -0.25) is 0 Å². The van der Waals surface area contributed by atoms with Crippen LogP contribution in [-0.2, 0) is 9.84 Å². The van der Waals surface area contributed by atoms with Crippen LogP contribution in [0.2, 0.25) is 0 Å². The number of benzene rings is 1. The third kappa shape index (κ3) is 3.01. The third-order valence-corrected chi connectivity index (χ3v) is 6.33. The van der Waals surface area contributed by atoms with Gasteiger partial charge >= 0.3 is 0 Å². The molecule has 0 amide bonds. The minimum absolute atomic E-state index is 0.190. The van der Waals surface area contributed by atoms with Crippen molar-refractivity contribution in [1.82, 2.24) is 0 Å². The highest BCUT2D eigenvalue weighted by atomic mass is 32.2. The first kappa shape index (κ1) is 15.4. The Balaban J connectivity index is 2.44. The van der Waals surface area contributed by atoms with E-state index in [1.807, 2.05) is 0 Å². The maximum Gasteiger partial charge on any atom is 0.184 e. The zero-order valence-electron chi connectivity index (χ0n) is 11.2. The van der Waals surface area contributed by atoms with Crippen molar-refractivity contribution in [3.05, 3.63) is 29.8 Å². The van der Waals surface area contributed by atoms with E-state index in [1.54, 1.807) is 0 Å². The average molecular weight is 303 g/mol. The Bertz CT molecular complexity index is 575. The molecule has 2 N–H and O–H groups in total. The van der Waals surface area contributed by atoms with Crippen LogP contribution in [0.15, 0.2) is 23.1 Å². The molecule has 1 aromatic carbocycles. The highest BCUT2D eigenvalue weighted by Gasteiger charge is 2.36. The summed E-state index contributed by atoms with van der Waals surface area (Å²) in [6, 6.07) is 2.54. The molecule has 1 fully saturated rings. The van der Waals surface area contributed by atoms with E-state index in [1.165, 1.54) is 0 Å². The molecule has 20 heavy (non-hydrogen) atoms. The first-order chi connectivity index (χ1) is 9.46. The van der Waals surface area contributed by atoms with Crippen molar-refractivity contribution in [2.45, 2.75) is 42.2 Å². The zero-order chi connectivity index (χ0) is 14.8. The minimum Gasteiger partial charge on any atom is -0.330 e. The van der Waals surface area contributed by atoms with E-state index in [2.05, 4.69) is 0 Å². The second kappa shape index (κ2) is 6.18. The number of hydrogen-bond acceptors (Lipinski definition) is 3. The number of nitrogens with two attached hydrogens (primary N) is 1. The standard InChI is InChI=1S/C14H19F2NO2S/c15-11-6-7-12(16)14(8-11)20(18,19)13-5-3-1-2-4-10(13)9-17/h6-8,10,13H,1-5,9,17H2. The van der Waals surface area contributed by atoms with Crippen LogP contribution in [0.1, 0.15) is 32.1 Å². The molecule has 0 spiro atoms. The highest BCUT2D eigenvalue weighted by molar-refractivity contribution is 7.92. The molecule has 112 valence electrons. The Labute approximate surface area is 118 Å². The van der Waals surface area contributed by atoms with E-state index in [4.69, 9.17) is 5.73 Å². The van der Waals surface area contributed by atoms with E-state index < -0.39 is 31.6 Å². The van der Waals surface area contributed by atoms with Gasteiger partial charge < -0.3 is 5.73 Å². The molecule has 1 aliphatic rings. The largest absolute Gasteiger partial charge is 0.330 e. The summed E-state index contributed by atoms with van der Waals surface area (Å²) in [5.74, 6) is -1.83. The summed E-state index contributed by atoms with van der Waals surface area (Å²) in [7, 11) is -3.89. The highest BCUT2D eigenvalue weighted by Crippen LogP contribution is 2.32. The predicted molar refractivity (Wildman–Crippen MR) is 73.0 cm³/mol. The quantitative estimate of drug-likeness (QED) is 0.873. The summed E-state index contributed by atoms with van der Waals surface area (Å²) >= 11 is 0. The van der Waals surface area contributed by atoms with Crippen LogP contribution in [0.5, 0.6) is 0 Å². The molecule has 1 aliphatic carbocycles.